The van der Waals surface area contributed by atoms with Gasteiger partial charge in [-0.15, -0.1) is 0 Å². The lowest BCUT2D eigenvalue weighted by Gasteiger charge is -2.49. The summed E-state index contributed by atoms with van der Waals surface area (Å²) in [5.74, 6) is -3.20. The Kier molecular flexibility index (Phi) is 6.75. The molecule has 1 fully saturated rings. The molecule has 0 aliphatic carbocycles. The van der Waals surface area contributed by atoms with Crippen molar-refractivity contribution >= 4 is 23.7 Å². The molecule has 0 bridgehead atoms. The molecule has 2 amide bonds. The number of nitrogens with zero attached hydrogens (tertiary/aromatic N) is 3. The quantitative estimate of drug-likeness (QED) is 0.180. The van der Waals surface area contributed by atoms with E-state index >= 15 is 0 Å². The van der Waals surface area contributed by atoms with Crippen molar-refractivity contribution in [2.75, 3.05) is 19.7 Å². The maximum atomic E-state index is 13.6. The minimum Gasteiger partial charge on any atom is -0.492 e. The minimum atomic E-state index is -2.63. The number of aliphatic imine (C=N–C) groups is 2. The number of hydrogen-bond donors (Lipinski definition) is 8. The first kappa shape index (κ1) is 28.7. The Morgan fingerprint density at radius 3 is 2.58 bits per heavy atom. The van der Waals surface area contributed by atoms with Gasteiger partial charge in [-0.1, -0.05) is 38.1 Å². The molecular weight excluding hydrogens is 556 g/mol. The largest absolute Gasteiger partial charge is 0.492 e. The van der Waals surface area contributed by atoms with E-state index in [1.807, 2.05) is 6.07 Å². The average Bonchev–Trinajstić information content (AvgIpc) is 3.45. The van der Waals surface area contributed by atoms with Crippen LogP contribution < -0.4 is 32.2 Å². The molecule has 1 saturated heterocycles. The van der Waals surface area contributed by atoms with Crippen molar-refractivity contribution in [2.24, 2.45) is 21.5 Å². The lowest BCUT2D eigenvalue weighted by atomic mass is 9.79. The van der Waals surface area contributed by atoms with Gasteiger partial charge in [0.25, 0.3) is 11.8 Å². The number of nitrogens with one attached hydrogen (secondary N) is 3. The third-order valence-corrected chi connectivity index (χ3v) is 8.94. The molecule has 14 heteroatoms. The summed E-state index contributed by atoms with van der Waals surface area (Å²) in [6, 6.07) is 8.74. The highest BCUT2D eigenvalue weighted by Gasteiger charge is 2.73. The van der Waals surface area contributed by atoms with Gasteiger partial charge in [0.15, 0.2) is 17.6 Å². The highest BCUT2D eigenvalue weighted by atomic mass is 16.5. The fourth-order valence-corrected chi connectivity index (χ4v) is 6.50. The summed E-state index contributed by atoms with van der Waals surface area (Å²) in [7, 11) is 0. The van der Waals surface area contributed by atoms with Crippen LogP contribution in [0, 0.1) is 0 Å². The van der Waals surface area contributed by atoms with Crippen LogP contribution in [0.4, 0.5) is 0 Å². The van der Waals surface area contributed by atoms with Gasteiger partial charge in [-0.25, -0.2) is 9.98 Å². The molecule has 4 atom stereocenters. The van der Waals surface area contributed by atoms with Crippen molar-refractivity contribution in [3.8, 4) is 5.75 Å². The smallest absolute Gasteiger partial charge is 0.255 e. The van der Waals surface area contributed by atoms with Gasteiger partial charge in [0.05, 0.1) is 24.8 Å². The van der Waals surface area contributed by atoms with Crippen LogP contribution in [0.15, 0.2) is 52.4 Å². The number of carbonyl (C=O) groups is 2. The first-order chi connectivity index (χ1) is 20.4. The third kappa shape index (κ3) is 4.44. The third-order valence-electron chi connectivity index (χ3n) is 8.94. The fourth-order valence-electron chi connectivity index (χ4n) is 6.50. The van der Waals surface area contributed by atoms with Crippen LogP contribution in [-0.2, 0) is 12.0 Å². The van der Waals surface area contributed by atoms with Crippen molar-refractivity contribution < 1.29 is 29.6 Å². The van der Waals surface area contributed by atoms with E-state index in [-0.39, 0.29) is 42.6 Å². The van der Waals surface area contributed by atoms with Crippen LogP contribution in [0.25, 0.3) is 0 Å². The molecule has 4 aliphatic heterocycles. The predicted molar refractivity (Wildman–Crippen MR) is 156 cm³/mol. The lowest BCUT2D eigenvalue weighted by molar-refractivity contribution is -0.230. The topological polar surface area (TPSA) is 220 Å². The van der Waals surface area contributed by atoms with E-state index in [1.54, 1.807) is 36.4 Å². The zero-order valence-corrected chi connectivity index (χ0v) is 23.9. The molecule has 10 N–H and O–H groups in total. The number of amides is 2. The highest BCUT2D eigenvalue weighted by molar-refractivity contribution is 5.98. The Bertz CT molecular complexity index is 1520. The Balaban J connectivity index is 1.24. The number of benzene rings is 2. The van der Waals surface area contributed by atoms with E-state index in [4.69, 9.17) is 16.2 Å². The average molecular weight is 593 g/mol. The maximum absolute atomic E-state index is 13.6. The maximum Gasteiger partial charge on any atom is 0.255 e. The highest BCUT2D eigenvalue weighted by Crippen LogP contribution is 2.45. The molecule has 2 aromatic carbocycles. The monoisotopic (exact) mass is 592 g/mol. The van der Waals surface area contributed by atoms with E-state index in [2.05, 4.69) is 39.8 Å². The van der Waals surface area contributed by atoms with E-state index < -0.39 is 41.4 Å². The minimum absolute atomic E-state index is 0.0356. The number of guanidine groups is 2. The molecule has 14 nitrogen and oxygen atoms in total. The van der Waals surface area contributed by atoms with E-state index in [0.29, 0.717) is 23.5 Å². The molecule has 228 valence electrons. The number of rotatable bonds is 6. The van der Waals surface area contributed by atoms with Gasteiger partial charge in [0, 0.05) is 24.2 Å². The van der Waals surface area contributed by atoms with Gasteiger partial charge in [-0.3, -0.25) is 9.59 Å². The van der Waals surface area contributed by atoms with Crippen LogP contribution in [0.1, 0.15) is 52.1 Å². The zero-order valence-electron chi connectivity index (χ0n) is 23.9. The summed E-state index contributed by atoms with van der Waals surface area (Å²) < 4.78 is 5.90. The lowest BCUT2D eigenvalue weighted by Crippen LogP contribution is -2.78. The summed E-state index contributed by atoms with van der Waals surface area (Å²) in [5.41, 5.74) is 12.7. The fraction of sp³-hybridized carbons (Fsp3) is 0.448. The number of aliphatic hydroxyl groups excluding tert-OH is 1. The zero-order chi connectivity index (χ0) is 30.7. The van der Waals surface area contributed by atoms with E-state index in [1.165, 1.54) is 4.90 Å². The van der Waals surface area contributed by atoms with Crippen molar-refractivity contribution in [1.82, 2.24) is 20.9 Å². The molecule has 6 rings (SSSR count). The van der Waals surface area contributed by atoms with Gasteiger partial charge in [-0.05, 0) is 35.6 Å². The number of fused-ring (bicyclic) bond motifs is 1. The number of carbonyl (C=O) groups excluding carboxylic acids is 2. The number of para-hydroxylation sites is 1. The Morgan fingerprint density at radius 1 is 1.12 bits per heavy atom. The molecule has 2 aromatic rings. The number of aliphatic hydroxyl groups is 3. The second-order valence-electron chi connectivity index (χ2n) is 12.0. The van der Waals surface area contributed by atoms with Gasteiger partial charge in [-0.2, -0.15) is 0 Å². The molecular formula is C29H36N8O6. The molecule has 4 heterocycles. The summed E-state index contributed by atoms with van der Waals surface area (Å²) in [4.78, 5) is 36.8. The van der Waals surface area contributed by atoms with Crippen LogP contribution >= 0.6 is 0 Å². The first-order valence-electron chi connectivity index (χ1n) is 14.1. The van der Waals surface area contributed by atoms with Crippen molar-refractivity contribution in [1.29, 1.82) is 0 Å². The Morgan fingerprint density at radius 2 is 1.86 bits per heavy atom. The number of nitrogens with two attached hydrogens (primary N) is 2. The first-order valence-corrected chi connectivity index (χ1v) is 14.1. The van der Waals surface area contributed by atoms with Gasteiger partial charge < -0.3 is 52.4 Å². The van der Waals surface area contributed by atoms with Crippen LogP contribution in [0.3, 0.4) is 0 Å². The SMILES string of the molecule is CC1(C)CCOc2c(C(=O)N[C@H]3CN4C(N)=N[C@@H](CNC(=O)c5ccc(CO)cc5)C5N=C(N)NC54C3(O)O)cccc21. The van der Waals surface area contributed by atoms with Gasteiger partial charge >= 0.3 is 0 Å². The summed E-state index contributed by atoms with van der Waals surface area (Å²) in [5, 5.41) is 41.2. The van der Waals surface area contributed by atoms with Crippen LogP contribution in [0.5, 0.6) is 5.75 Å². The molecule has 0 radical (unpaired) electrons. The van der Waals surface area contributed by atoms with Crippen molar-refractivity contribution in [2.45, 2.75) is 61.9 Å². The summed E-state index contributed by atoms with van der Waals surface area (Å²) in [6.45, 7) is 4.32. The van der Waals surface area contributed by atoms with E-state index in [9.17, 15) is 24.9 Å². The molecule has 43 heavy (non-hydrogen) atoms. The molecule has 2 unspecified atom stereocenters. The molecule has 0 aromatic heterocycles. The standard InChI is InChI=1S/C29H36N8O6/c1-27(2)10-11-43-21-17(4-3-5-18(21)27)24(40)34-20-13-37-26(31)33-19(22-28(37,29(20,41)42)36-25(30)35-22)12-32-23(39)16-8-6-15(14-38)7-9-16/h3-9,19-20,22,38,41-42H,10-14H2,1-2H3,(H2,31,33)(H,32,39)(H,34,40)(H3,30,35,36)/t19-,20-,22?,28?/m0/s1. The van der Waals surface area contributed by atoms with Crippen molar-refractivity contribution in [3.05, 3.63) is 64.7 Å². The van der Waals surface area contributed by atoms with E-state index in [0.717, 1.165) is 12.0 Å². The van der Waals surface area contributed by atoms with Gasteiger partial charge in [0.1, 0.15) is 17.8 Å². The second-order valence-corrected chi connectivity index (χ2v) is 12.0. The summed E-state index contributed by atoms with van der Waals surface area (Å²) in [6.07, 6.45) is 0.798. The van der Waals surface area contributed by atoms with Crippen LogP contribution in [-0.4, -0.2) is 93.2 Å². The second kappa shape index (κ2) is 10.1. The molecule has 1 spiro atoms. The predicted octanol–water partition coefficient (Wildman–Crippen LogP) is -1.56. The number of ether oxygens (including phenoxy) is 1. The van der Waals surface area contributed by atoms with Gasteiger partial charge in [0.2, 0.25) is 5.79 Å². The Labute approximate surface area is 247 Å². The normalized spacial score (nSPS) is 27.8. The molecule has 0 saturated carbocycles. The van der Waals surface area contributed by atoms with Crippen molar-refractivity contribution in [3.63, 3.8) is 0 Å². The molecule has 4 aliphatic rings. The van der Waals surface area contributed by atoms with Crippen LogP contribution in [0.2, 0.25) is 0 Å². The number of hydrogen-bond acceptors (Lipinski definition) is 12. The Hall–Kier alpha value is -4.40. The summed E-state index contributed by atoms with van der Waals surface area (Å²) >= 11 is 0.